The summed E-state index contributed by atoms with van der Waals surface area (Å²) in [4.78, 5) is 0. The molecule has 0 amide bonds. The Hall–Kier alpha value is 0.272. The average Bonchev–Trinajstić information content (AvgIpc) is 0.918. The van der Waals surface area contributed by atoms with Crippen molar-refractivity contribution in [2.75, 3.05) is 0 Å². The van der Waals surface area contributed by atoms with Crippen LogP contribution in [0.25, 0.3) is 0 Å². The van der Waals surface area contributed by atoms with E-state index >= 15 is 0 Å². The predicted molar refractivity (Wildman–Crippen MR) is 25.8 cm³/mol. The molecule has 0 rings (SSSR count). The number of hydrogen-bond acceptors (Lipinski definition) is 0. The summed E-state index contributed by atoms with van der Waals surface area (Å²) in [5.74, 6) is 0. The Morgan fingerprint density at radius 3 is 1.75 bits per heavy atom. The fraction of sp³-hybridized carbons (Fsp3) is 0.333. The molecule has 4 heavy (non-hydrogen) atoms. The highest BCUT2D eigenvalue weighted by molar-refractivity contribution is 5.75. The molecule has 0 radical (unpaired) electrons. The maximum atomic E-state index is 3.36. The van der Waals surface area contributed by atoms with E-state index in [2.05, 4.69) is 6.58 Å². The zero-order chi connectivity index (χ0) is 2.71. The first-order valence-electron chi connectivity index (χ1n) is 0.986. The van der Waals surface area contributed by atoms with Gasteiger partial charge in [-0.3, -0.25) is 0 Å². The summed E-state index contributed by atoms with van der Waals surface area (Å²) in [7, 11) is 0. The van der Waals surface area contributed by atoms with Gasteiger partial charge in [0, 0.05) is 0 Å². The number of allylic oxidation sites excluding steroid dienone is 1. The molecule has 0 N–H and O–H groups in total. The minimum atomic E-state index is 0. The molecule has 0 unspecified atom stereocenters. The van der Waals surface area contributed by atoms with Gasteiger partial charge in [0.05, 0.1) is 0 Å². The molecule has 0 aromatic carbocycles. The molecule has 0 fully saturated rings. The Labute approximate surface area is 37.7 Å². The maximum Gasteiger partial charge on any atom is 0.187 e. The first-order chi connectivity index (χ1) is 1.41. The minimum Gasteiger partial charge on any atom is -0.103 e. The molecular formula is C3H9Al. The molecule has 0 atom stereocenters. The van der Waals surface area contributed by atoms with E-state index in [-0.39, 0.29) is 17.4 Å². The summed E-state index contributed by atoms with van der Waals surface area (Å²) in [6, 6.07) is 0. The fourth-order valence-electron chi connectivity index (χ4n) is 0. The average molecular weight is 72.1 g/mol. The lowest BCUT2D eigenvalue weighted by atomic mass is 10.8. The largest absolute Gasteiger partial charge is 0.187 e. The third kappa shape index (κ3) is 49.6. The summed E-state index contributed by atoms with van der Waals surface area (Å²) in [6.07, 6.45) is 1.75. The van der Waals surface area contributed by atoms with Crippen LogP contribution >= 0.6 is 0 Å². The van der Waals surface area contributed by atoms with Crippen LogP contribution in [-0.2, 0) is 0 Å². The first kappa shape index (κ1) is 8.86. The lowest BCUT2D eigenvalue weighted by Crippen LogP contribution is -1.07. The molecule has 0 aliphatic rings. The Kier molecular flexibility index (Phi) is 23.1. The van der Waals surface area contributed by atoms with Gasteiger partial charge in [-0.25, -0.2) is 0 Å². The zero-order valence-corrected chi connectivity index (χ0v) is 2.28. The van der Waals surface area contributed by atoms with Gasteiger partial charge < -0.3 is 0 Å². The van der Waals surface area contributed by atoms with Gasteiger partial charge >= 0.3 is 0 Å². The molecule has 0 heterocycles. The van der Waals surface area contributed by atoms with Gasteiger partial charge in [0.2, 0.25) is 0 Å². The second-order valence-electron chi connectivity index (χ2n) is 0.408. The van der Waals surface area contributed by atoms with Crippen molar-refractivity contribution in [3.05, 3.63) is 12.7 Å². The smallest absolute Gasteiger partial charge is 0.103 e. The van der Waals surface area contributed by atoms with Gasteiger partial charge in [0.1, 0.15) is 0 Å². The van der Waals surface area contributed by atoms with Crippen LogP contribution in [0.15, 0.2) is 12.7 Å². The predicted octanol–water partition coefficient (Wildman–Crippen LogP) is 0.00840. The van der Waals surface area contributed by atoms with Crippen LogP contribution in [0.2, 0.25) is 0 Å². The number of hydrogen-bond donors (Lipinski definition) is 0. The van der Waals surface area contributed by atoms with Gasteiger partial charge in [0.25, 0.3) is 0 Å². The van der Waals surface area contributed by atoms with Crippen LogP contribution in [-0.4, -0.2) is 17.4 Å². The highest BCUT2D eigenvalue weighted by Gasteiger charge is 1.15. The normalized spacial score (nSPS) is 3.25. The molecule has 0 saturated heterocycles. The van der Waals surface area contributed by atoms with Crippen LogP contribution < -0.4 is 0 Å². The van der Waals surface area contributed by atoms with Crippen LogP contribution in [0.1, 0.15) is 6.92 Å². The Balaban J connectivity index is 0. The minimum absolute atomic E-state index is 0. The van der Waals surface area contributed by atoms with Crippen molar-refractivity contribution in [1.29, 1.82) is 0 Å². The molecule has 0 bridgehead atoms. The van der Waals surface area contributed by atoms with Crippen LogP contribution in [0, 0.1) is 0 Å². The summed E-state index contributed by atoms with van der Waals surface area (Å²) >= 11 is 0. The lowest BCUT2D eigenvalue weighted by Gasteiger charge is -1.31. The van der Waals surface area contributed by atoms with Gasteiger partial charge in [-0.1, -0.05) is 6.08 Å². The van der Waals surface area contributed by atoms with Crippen molar-refractivity contribution in [3.8, 4) is 0 Å². The van der Waals surface area contributed by atoms with Crippen molar-refractivity contribution < 1.29 is 0 Å². The van der Waals surface area contributed by atoms with Crippen molar-refractivity contribution >= 4 is 17.4 Å². The standard InChI is InChI=1S/C3H6.Al.3H/c1-3-2;;;;/h3H,1H2,2H3;;;;. The van der Waals surface area contributed by atoms with E-state index < -0.39 is 0 Å². The maximum absolute atomic E-state index is 3.36. The third-order valence-electron chi connectivity index (χ3n) is 0. The molecule has 0 aromatic rings. The summed E-state index contributed by atoms with van der Waals surface area (Å²) in [6.45, 7) is 5.25. The molecule has 1 heteroatoms. The van der Waals surface area contributed by atoms with Gasteiger partial charge in [-0.05, 0) is 6.92 Å². The van der Waals surface area contributed by atoms with Crippen LogP contribution in [0.5, 0.6) is 0 Å². The Morgan fingerprint density at radius 2 is 1.75 bits per heavy atom. The monoisotopic (exact) mass is 72.1 g/mol. The van der Waals surface area contributed by atoms with E-state index in [9.17, 15) is 0 Å². The topological polar surface area (TPSA) is 0 Å². The molecule has 0 aromatic heterocycles. The first-order valence-corrected chi connectivity index (χ1v) is 0.986. The van der Waals surface area contributed by atoms with Gasteiger partial charge in [0.15, 0.2) is 17.4 Å². The Bertz CT molecular complexity index is 10.8. The highest BCUT2D eigenvalue weighted by Crippen LogP contribution is 1.38. The van der Waals surface area contributed by atoms with Crippen molar-refractivity contribution in [2.45, 2.75) is 6.92 Å². The second-order valence-corrected chi connectivity index (χ2v) is 0.408. The fourth-order valence-corrected chi connectivity index (χ4v) is 0. The molecule has 0 spiro atoms. The summed E-state index contributed by atoms with van der Waals surface area (Å²) in [5.41, 5.74) is 0. The van der Waals surface area contributed by atoms with Crippen LogP contribution in [0.3, 0.4) is 0 Å². The van der Waals surface area contributed by atoms with E-state index in [1.54, 1.807) is 6.08 Å². The van der Waals surface area contributed by atoms with Crippen molar-refractivity contribution in [1.82, 2.24) is 0 Å². The van der Waals surface area contributed by atoms with Crippen molar-refractivity contribution in [2.24, 2.45) is 0 Å². The Morgan fingerprint density at radius 1 is 1.75 bits per heavy atom. The van der Waals surface area contributed by atoms with E-state index in [4.69, 9.17) is 0 Å². The molecule has 0 saturated carbocycles. The van der Waals surface area contributed by atoms with E-state index in [0.29, 0.717) is 0 Å². The molecular weight excluding hydrogens is 63.0 g/mol. The molecule has 24 valence electrons. The SMILES string of the molecule is C=CC.[AlH3]. The summed E-state index contributed by atoms with van der Waals surface area (Å²) < 4.78 is 0. The molecule has 0 aliphatic carbocycles. The number of rotatable bonds is 0. The van der Waals surface area contributed by atoms with Crippen LogP contribution in [0.4, 0.5) is 0 Å². The van der Waals surface area contributed by atoms with Crippen molar-refractivity contribution in [3.63, 3.8) is 0 Å². The quantitative estimate of drug-likeness (QED) is 0.279. The molecule has 0 nitrogen and oxygen atoms in total. The van der Waals surface area contributed by atoms with E-state index in [1.165, 1.54) is 0 Å². The lowest BCUT2D eigenvalue weighted by molar-refractivity contribution is 1.80. The highest BCUT2D eigenvalue weighted by atomic mass is 27.0. The van der Waals surface area contributed by atoms with E-state index in [0.717, 1.165) is 0 Å². The second kappa shape index (κ2) is 10.4. The van der Waals surface area contributed by atoms with E-state index in [1.807, 2.05) is 6.92 Å². The zero-order valence-electron chi connectivity index (χ0n) is 2.28. The summed E-state index contributed by atoms with van der Waals surface area (Å²) in [5, 5.41) is 0. The third-order valence-corrected chi connectivity index (χ3v) is 0. The van der Waals surface area contributed by atoms with Gasteiger partial charge in [-0.15, -0.1) is 6.58 Å². The molecule has 0 aliphatic heterocycles. The van der Waals surface area contributed by atoms with Gasteiger partial charge in [-0.2, -0.15) is 0 Å².